The minimum Gasteiger partial charge on any atom is -0.508 e. The number of aromatic hydroxyl groups is 2. The SMILES string of the molecule is COC(=O)C1CN(C(=O)c2cc(O)cc(O)c2)CCO1. The van der Waals surface area contributed by atoms with Crippen LogP contribution in [0.2, 0.25) is 0 Å². The third-order valence-electron chi connectivity index (χ3n) is 2.97. The number of hydrogen-bond donors (Lipinski definition) is 2. The van der Waals surface area contributed by atoms with Crippen LogP contribution in [0.1, 0.15) is 10.4 Å². The molecule has 1 aliphatic heterocycles. The first kappa shape index (κ1) is 14.1. The molecule has 1 aromatic carbocycles. The molecule has 1 unspecified atom stereocenters. The average molecular weight is 281 g/mol. The number of phenolic OH excluding ortho intramolecular Hbond substituents is 2. The van der Waals surface area contributed by atoms with E-state index in [1.165, 1.54) is 24.1 Å². The second-order valence-corrected chi connectivity index (χ2v) is 4.37. The van der Waals surface area contributed by atoms with Crippen molar-refractivity contribution in [2.75, 3.05) is 26.8 Å². The van der Waals surface area contributed by atoms with Gasteiger partial charge in [0.05, 0.1) is 20.3 Å². The predicted octanol–water partition coefficient (Wildman–Crippen LogP) is 0.112. The zero-order valence-corrected chi connectivity index (χ0v) is 10.9. The molecule has 0 saturated carbocycles. The normalized spacial score (nSPS) is 18.6. The van der Waals surface area contributed by atoms with Gasteiger partial charge in [-0.3, -0.25) is 4.79 Å². The zero-order valence-electron chi connectivity index (χ0n) is 10.9. The molecule has 1 aliphatic rings. The van der Waals surface area contributed by atoms with Gasteiger partial charge >= 0.3 is 5.97 Å². The Balaban J connectivity index is 2.14. The van der Waals surface area contributed by atoms with Crippen molar-refractivity contribution in [3.8, 4) is 11.5 Å². The number of morpholine rings is 1. The smallest absolute Gasteiger partial charge is 0.336 e. The molecule has 1 fully saturated rings. The molecule has 1 heterocycles. The van der Waals surface area contributed by atoms with E-state index in [0.717, 1.165) is 6.07 Å². The number of phenols is 2. The number of benzene rings is 1. The van der Waals surface area contributed by atoms with Crippen molar-refractivity contribution in [1.29, 1.82) is 0 Å². The summed E-state index contributed by atoms with van der Waals surface area (Å²) in [5.41, 5.74) is 0.146. The molecule has 0 radical (unpaired) electrons. The lowest BCUT2D eigenvalue weighted by Crippen LogP contribution is -2.48. The largest absolute Gasteiger partial charge is 0.508 e. The number of ether oxygens (including phenoxy) is 2. The van der Waals surface area contributed by atoms with Gasteiger partial charge in [-0.15, -0.1) is 0 Å². The Kier molecular flexibility index (Phi) is 4.09. The molecule has 108 valence electrons. The molecule has 7 nitrogen and oxygen atoms in total. The van der Waals surface area contributed by atoms with Crippen LogP contribution in [0.25, 0.3) is 0 Å². The van der Waals surface area contributed by atoms with Gasteiger partial charge in [0.25, 0.3) is 5.91 Å². The van der Waals surface area contributed by atoms with Gasteiger partial charge in [0.1, 0.15) is 11.5 Å². The Morgan fingerprint density at radius 1 is 1.30 bits per heavy atom. The number of hydrogen-bond acceptors (Lipinski definition) is 6. The second-order valence-electron chi connectivity index (χ2n) is 4.37. The quantitative estimate of drug-likeness (QED) is 0.747. The number of methoxy groups -OCH3 is 1. The van der Waals surface area contributed by atoms with Gasteiger partial charge in [0.15, 0.2) is 6.10 Å². The van der Waals surface area contributed by atoms with Crippen molar-refractivity contribution in [1.82, 2.24) is 4.90 Å². The monoisotopic (exact) mass is 281 g/mol. The summed E-state index contributed by atoms with van der Waals surface area (Å²) in [6.07, 6.45) is -0.816. The first-order valence-corrected chi connectivity index (χ1v) is 6.03. The molecule has 7 heteroatoms. The number of amides is 1. The van der Waals surface area contributed by atoms with Gasteiger partial charge in [-0.05, 0) is 12.1 Å². The predicted molar refractivity (Wildman–Crippen MR) is 67.4 cm³/mol. The molecule has 0 aromatic heterocycles. The van der Waals surface area contributed by atoms with Crippen molar-refractivity contribution in [3.63, 3.8) is 0 Å². The number of carbonyl (C=O) groups excluding carboxylic acids is 2. The van der Waals surface area contributed by atoms with Gasteiger partial charge in [0, 0.05) is 18.2 Å². The van der Waals surface area contributed by atoms with E-state index in [2.05, 4.69) is 4.74 Å². The molecule has 2 N–H and O–H groups in total. The second kappa shape index (κ2) is 5.79. The number of rotatable bonds is 2. The zero-order chi connectivity index (χ0) is 14.7. The highest BCUT2D eigenvalue weighted by Gasteiger charge is 2.30. The lowest BCUT2D eigenvalue weighted by atomic mass is 10.1. The molecule has 0 aliphatic carbocycles. The molecule has 1 saturated heterocycles. The molecular weight excluding hydrogens is 266 g/mol. The maximum Gasteiger partial charge on any atom is 0.336 e. The molecule has 1 amide bonds. The fraction of sp³-hybridized carbons (Fsp3) is 0.385. The lowest BCUT2D eigenvalue weighted by molar-refractivity contribution is -0.158. The Bertz CT molecular complexity index is 509. The third-order valence-corrected chi connectivity index (χ3v) is 2.97. The standard InChI is InChI=1S/C13H15NO6/c1-19-13(18)11-7-14(2-3-20-11)12(17)8-4-9(15)6-10(16)5-8/h4-6,11,15-16H,2-3,7H2,1H3. The van der Waals surface area contributed by atoms with E-state index in [9.17, 15) is 19.8 Å². The van der Waals surface area contributed by atoms with Crippen LogP contribution in [-0.4, -0.2) is 59.9 Å². The Labute approximate surface area is 115 Å². The van der Waals surface area contributed by atoms with Crippen molar-refractivity contribution in [2.45, 2.75) is 6.10 Å². The van der Waals surface area contributed by atoms with E-state index < -0.39 is 18.0 Å². The highest BCUT2D eigenvalue weighted by molar-refractivity contribution is 5.95. The van der Waals surface area contributed by atoms with Crippen molar-refractivity contribution >= 4 is 11.9 Å². The molecular formula is C13H15NO6. The highest BCUT2D eigenvalue weighted by Crippen LogP contribution is 2.22. The van der Waals surface area contributed by atoms with Crippen molar-refractivity contribution in [2.24, 2.45) is 0 Å². The third kappa shape index (κ3) is 3.00. The van der Waals surface area contributed by atoms with Crippen molar-refractivity contribution in [3.05, 3.63) is 23.8 Å². The maximum atomic E-state index is 12.3. The summed E-state index contributed by atoms with van der Waals surface area (Å²) in [6, 6.07) is 3.64. The summed E-state index contributed by atoms with van der Waals surface area (Å²) < 4.78 is 9.81. The highest BCUT2D eigenvalue weighted by atomic mass is 16.6. The molecule has 2 rings (SSSR count). The Morgan fingerprint density at radius 3 is 2.55 bits per heavy atom. The topological polar surface area (TPSA) is 96.3 Å². The van der Waals surface area contributed by atoms with E-state index in [4.69, 9.17) is 4.74 Å². The molecule has 1 aromatic rings. The summed E-state index contributed by atoms with van der Waals surface area (Å²) in [7, 11) is 1.25. The first-order valence-electron chi connectivity index (χ1n) is 6.03. The maximum absolute atomic E-state index is 12.3. The minimum absolute atomic E-state index is 0.0714. The van der Waals surface area contributed by atoms with Gasteiger partial charge in [-0.25, -0.2) is 4.79 Å². The van der Waals surface area contributed by atoms with Crippen LogP contribution >= 0.6 is 0 Å². The van der Waals surface area contributed by atoms with Gasteiger partial charge in [-0.1, -0.05) is 0 Å². The van der Waals surface area contributed by atoms with E-state index >= 15 is 0 Å². The Morgan fingerprint density at radius 2 is 1.95 bits per heavy atom. The van der Waals surface area contributed by atoms with Gasteiger partial charge < -0.3 is 24.6 Å². The molecule has 1 atom stereocenters. The van der Waals surface area contributed by atoms with Crippen LogP contribution in [0.4, 0.5) is 0 Å². The van der Waals surface area contributed by atoms with Gasteiger partial charge in [-0.2, -0.15) is 0 Å². The number of nitrogens with zero attached hydrogens (tertiary/aromatic N) is 1. The van der Waals surface area contributed by atoms with E-state index in [0.29, 0.717) is 6.54 Å². The lowest BCUT2D eigenvalue weighted by Gasteiger charge is -2.31. The van der Waals surface area contributed by atoms with Crippen LogP contribution in [-0.2, 0) is 14.3 Å². The van der Waals surface area contributed by atoms with Crippen LogP contribution in [0, 0.1) is 0 Å². The average Bonchev–Trinajstić information content (AvgIpc) is 2.44. The van der Waals surface area contributed by atoms with E-state index in [-0.39, 0.29) is 30.2 Å². The minimum atomic E-state index is -0.816. The summed E-state index contributed by atoms with van der Waals surface area (Å²) in [5, 5.41) is 18.8. The fourth-order valence-corrected chi connectivity index (χ4v) is 2.01. The van der Waals surface area contributed by atoms with Crippen LogP contribution < -0.4 is 0 Å². The van der Waals surface area contributed by atoms with E-state index in [1.807, 2.05) is 0 Å². The first-order chi connectivity index (χ1) is 9.51. The van der Waals surface area contributed by atoms with Gasteiger partial charge in [0.2, 0.25) is 0 Å². The molecule has 0 spiro atoms. The van der Waals surface area contributed by atoms with Crippen LogP contribution in [0.15, 0.2) is 18.2 Å². The summed E-state index contributed by atoms with van der Waals surface area (Å²) >= 11 is 0. The van der Waals surface area contributed by atoms with Crippen LogP contribution in [0.3, 0.4) is 0 Å². The summed E-state index contributed by atoms with van der Waals surface area (Å²) in [6.45, 7) is 0.612. The van der Waals surface area contributed by atoms with Crippen LogP contribution in [0.5, 0.6) is 11.5 Å². The molecule has 0 bridgehead atoms. The van der Waals surface area contributed by atoms with E-state index in [1.54, 1.807) is 0 Å². The summed E-state index contributed by atoms with van der Waals surface area (Å²) in [5.74, 6) is -1.34. The fourth-order valence-electron chi connectivity index (χ4n) is 2.01. The number of carbonyl (C=O) groups is 2. The number of esters is 1. The molecule has 20 heavy (non-hydrogen) atoms. The summed E-state index contributed by atoms with van der Waals surface area (Å²) in [4.78, 5) is 25.1. The Hall–Kier alpha value is -2.28. The van der Waals surface area contributed by atoms with Crippen molar-refractivity contribution < 1.29 is 29.3 Å².